The van der Waals surface area contributed by atoms with Gasteiger partial charge in [0.25, 0.3) is 5.91 Å². The summed E-state index contributed by atoms with van der Waals surface area (Å²) in [4.78, 5) is 17.3. The van der Waals surface area contributed by atoms with E-state index in [0.29, 0.717) is 10.6 Å². The molecule has 25 heavy (non-hydrogen) atoms. The molecule has 1 heterocycles. The number of hydrogen-bond acceptors (Lipinski definition) is 3. The van der Waals surface area contributed by atoms with Crippen molar-refractivity contribution < 1.29 is 4.79 Å². The van der Waals surface area contributed by atoms with Crippen LogP contribution in [0.2, 0.25) is 5.02 Å². The van der Waals surface area contributed by atoms with Gasteiger partial charge in [0, 0.05) is 21.7 Å². The van der Waals surface area contributed by atoms with Gasteiger partial charge < -0.3 is 0 Å². The van der Waals surface area contributed by atoms with Crippen LogP contribution in [0.15, 0.2) is 59.7 Å². The zero-order valence-corrected chi connectivity index (χ0v) is 14.8. The maximum Gasteiger partial charge on any atom is 0.272 e. The van der Waals surface area contributed by atoms with Gasteiger partial charge in [-0.25, -0.2) is 10.4 Å². The molecule has 0 aliphatic rings. The highest BCUT2D eigenvalue weighted by Crippen LogP contribution is 2.25. The third kappa shape index (κ3) is 3.86. The molecule has 3 aromatic rings. The van der Waals surface area contributed by atoms with E-state index >= 15 is 0 Å². The maximum absolute atomic E-state index is 12.6. The second-order valence-corrected chi connectivity index (χ2v) is 6.16. The topological polar surface area (TPSA) is 54.4 Å². The Hall–Kier alpha value is -2.72. The van der Waals surface area contributed by atoms with Crippen molar-refractivity contribution in [3.8, 4) is 11.3 Å². The number of carbonyl (C=O) groups is 1. The summed E-state index contributed by atoms with van der Waals surface area (Å²) in [5.74, 6) is -0.249. The van der Waals surface area contributed by atoms with E-state index in [1.165, 1.54) is 0 Å². The second kappa shape index (κ2) is 7.45. The van der Waals surface area contributed by atoms with Crippen molar-refractivity contribution in [2.45, 2.75) is 20.3 Å². The average Bonchev–Trinajstić information content (AvgIpc) is 2.65. The average molecular weight is 352 g/mol. The lowest BCUT2D eigenvalue weighted by molar-refractivity contribution is 0.0956. The minimum Gasteiger partial charge on any atom is -0.267 e. The first kappa shape index (κ1) is 17.1. The number of carbonyl (C=O) groups excluding carboxylic acids is 1. The van der Waals surface area contributed by atoms with E-state index in [2.05, 4.69) is 15.5 Å². The molecule has 0 atom stereocenters. The SMILES string of the molecule is CC/C(C)=N\NC(=O)c1cc(-c2ccc(Cl)cc2)nc2ccccc12. The number of halogens is 1. The van der Waals surface area contributed by atoms with Crippen molar-refractivity contribution in [3.63, 3.8) is 0 Å². The Kier molecular flexibility index (Phi) is 5.10. The van der Waals surface area contributed by atoms with Crippen molar-refractivity contribution in [2.75, 3.05) is 0 Å². The molecule has 0 unspecified atom stereocenters. The number of benzene rings is 2. The number of pyridine rings is 1. The molecule has 0 fully saturated rings. The minimum atomic E-state index is -0.249. The summed E-state index contributed by atoms with van der Waals surface area (Å²) in [6.45, 7) is 3.87. The van der Waals surface area contributed by atoms with Crippen molar-refractivity contribution in [3.05, 3.63) is 65.2 Å². The highest BCUT2D eigenvalue weighted by atomic mass is 35.5. The standard InChI is InChI=1S/C20H18ClN3O/c1-3-13(2)23-24-20(25)17-12-19(14-8-10-15(21)11-9-14)22-18-7-5-4-6-16(17)18/h4-12H,3H2,1-2H3,(H,24,25)/b23-13-. The lowest BCUT2D eigenvalue weighted by Gasteiger charge is -2.09. The van der Waals surface area contributed by atoms with Crippen LogP contribution >= 0.6 is 11.6 Å². The zero-order valence-electron chi connectivity index (χ0n) is 14.1. The molecule has 126 valence electrons. The molecule has 1 amide bonds. The van der Waals surface area contributed by atoms with E-state index in [9.17, 15) is 4.79 Å². The smallest absolute Gasteiger partial charge is 0.267 e. The van der Waals surface area contributed by atoms with Crippen LogP contribution in [0.3, 0.4) is 0 Å². The fourth-order valence-corrected chi connectivity index (χ4v) is 2.54. The largest absolute Gasteiger partial charge is 0.272 e. The molecule has 0 saturated heterocycles. The Bertz CT molecular complexity index is 949. The first-order chi connectivity index (χ1) is 12.1. The Morgan fingerprint density at radius 2 is 1.88 bits per heavy atom. The van der Waals surface area contributed by atoms with Crippen LogP contribution in [0.4, 0.5) is 0 Å². The maximum atomic E-state index is 12.6. The summed E-state index contributed by atoms with van der Waals surface area (Å²) in [6, 6.07) is 16.8. The predicted molar refractivity (Wildman–Crippen MR) is 103 cm³/mol. The number of amides is 1. The van der Waals surface area contributed by atoms with Crippen LogP contribution in [-0.2, 0) is 0 Å². The third-order valence-electron chi connectivity index (χ3n) is 3.96. The number of rotatable bonds is 4. The number of para-hydroxylation sites is 1. The van der Waals surface area contributed by atoms with Crippen LogP contribution in [0.5, 0.6) is 0 Å². The molecule has 4 nitrogen and oxygen atoms in total. The molecular formula is C20H18ClN3O. The number of nitrogens with zero attached hydrogens (tertiary/aromatic N) is 2. The van der Waals surface area contributed by atoms with Gasteiger partial charge in [-0.1, -0.05) is 48.9 Å². The van der Waals surface area contributed by atoms with Crippen LogP contribution in [-0.4, -0.2) is 16.6 Å². The van der Waals surface area contributed by atoms with Gasteiger partial charge in [0.15, 0.2) is 0 Å². The summed E-state index contributed by atoms with van der Waals surface area (Å²) >= 11 is 5.96. The molecular weight excluding hydrogens is 334 g/mol. The van der Waals surface area contributed by atoms with Gasteiger partial charge in [0.1, 0.15) is 0 Å². The van der Waals surface area contributed by atoms with Crippen LogP contribution < -0.4 is 5.43 Å². The van der Waals surface area contributed by atoms with E-state index in [4.69, 9.17) is 11.6 Å². The molecule has 0 saturated carbocycles. The Morgan fingerprint density at radius 1 is 1.16 bits per heavy atom. The summed E-state index contributed by atoms with van der Waals surface area (Å²) in [6.07, 6.45) is 0.785. The Morgan fingerprint density at radius 3 is 2.60 bits per heavy atom. The quantitative estimate of drug-likeness (QED) is 0.527. The van der Waals surface area contributed by atoms with Gasteiger partial charge in [-0.2, -0.15) is 5.10 Å². The number of hydrogen-bond donors (Lipinski definition) is 1. The summed E-state index contributed by atoms with van der Waals surface area (Å²) < 4.78 is 0. The molecule has 3 rings (SSSR count). The van der Waals surface area contributed by atoms with Gasteiger partial charge >= 0.3 is 0 Å². The predicted octanol–water partition coefficient (Wildman–Crippen LogP) is 5.07. The molecule has 5 heteroatoms. The van der Waals surface area contributed by atoms with Crippen LogP contribution in [0.1, 0.15) is 30.6 Å². The van der Waals surface area contributed by atoms with Gasteiger partial charge in [-0.3, -0.25) is 4.79 Å². The van der Waals surface area contributed by atoms with Crippen LogP contribution in [0.25, 0.3) is 22.2 Å². The van der Waals surface area contributed by atoms with Gasteiger partial charge in [0.2, 0.25) is 0 Å². The zero-order chi connectivity index (χ0) is 17.8. The highest BCUT2D eigenvalue weighted by Gasteiger charge is 2.13. The fraction of sp³-hybridized carbons (Fsp3) is 0.150. The molecule has 0 spiro atoms. The third-order valence-corrected chi connectivity index (χ3v) is 4.21. The molecule has 1 aromatic heterocycles. The van der Waals surface area contributed by atoms with Crippen molar-refractivity contribution in [1.82, 2.24) is 10.4 Å². The van der Waals surface area contributed by atoms with E-state index in [1.54, 1.807) is 6.07 Å². The molecule has 0 aliphatic carbocycles. The van der Waals surface area contributed by atoms with Crippen molar-refractivity contribution in [1.29, 1.82) is 0 Å². The van der Waals surface area contributed by atoms with E-state index in [-0.39, 0.29) is 5.91 Å². The lowest BCUT2D eigenvalue weighted by Crippen LogP contribution is -2.19. The molecule has 0 bridgehead atoms. The number of fused-ring (bicyclic) bond motifs is 1. The van der Waals surface area contributed by atoms with Gasteiger partial charge in [0.05, 0.1) is 16.8 Å². The minimum absolute atomic E-state index is 0.249. The second-order valence-electron chi connectivity index (χ2n) is 5.72. The van der Waals surface area contributed by atoms with Gasteiger partial charge in [-0.15, -0.1) is 0 Å². The highest BCUT2D eigenvalue weighted by molar-refractivity contribution is 6.30. The van der Waals surface area contributed by atoms with Gasteiger partial charge in [-0.05, 0) is 37.6 Å². The summed E-state index contributed by atoms with van der Waals surface area (Å²) in [7, 11) is 0. The van der Waals surface area contributed by atoms with Crippen molar-refractivity contribution in [2.24, 2.45) is 5.10 Å². The number of nitrogens with one attached hydrogen (secondary N) is 1. The lowest BCUT2D eigenvalue weighted by atomic mass is 10.0. The number of aromatic nitrogens is 1. The fourth-order valence-electron chi connectivity index (χ4n) is 2.42. The molecule has 2 aromatic carbocycles. The molecule has 0 aliphatic heterocycles. The van der Waals surface area contributed by atoms with Crippen molar-refractivity contribution >= 4 is 34.1 Å². The monoisotopic (exact) mass is 351 g/mol. The van der Waals surface area contributed by atoms with E-state index in [0.717, 1.165) is 34.3 Å². The first-order valence-corrected chi connectivity index (χ1v) is 8.45. The molecule has 0 radical (unpaired) electrons. The normalized spacial score (nSPS) is 11.6. The Labute approximate surface area is 151 Å². The summed E-state index contributed by atoms with van der Waals surface area (Å²) in [5.41, 5.74) is 6.42. The summed E-state index contributed by atoms with van der Waals surface area (Å²) in [5, 5.41) is 5.57. The number of hydrazone groups is 1. The van der Waals surface area contributed by atoms with E-state index < -0.39 is 0 Å². The Balaban J connectivity index is 2.09. The molecule has 1 N–H and O–H groups in total. The first-order valence-electron chi connectivity index (χ1n) is 8.07. The van der Waals surface area contributed by atoms with E-state index in [1.807, 2.05) is 62.4 Å². The van der Waals surface area contributed by atoms with Crippen LogP contribution in [0, 0.1) is 0 Å².